The van der Waals surface area contributed by atoms with Crippen molar-refractivity contribution in [3.8, 4) is 29.1 Å². The van der Waals surface area contributed by atoms with Gasteiger partial charge in [0.2, 0.25) is 6.79 Å². The minimum atomic E-state index is 0.198. The maximum absolute atomic E-state index is 9.24. The molecule has 3 aromatic carbocycles. The van der Waals surface area contributed by atoms with Crippen molar-refractivity contribution in [3.63, 3.8) is 0 Å². The molecular weight excluding hydrogens is 452 g/mol. The van der Waals surface area contributed by atoms with Crippen molar-refractivity contribution in [1.82, 2.24) is 4.90 Å². The zero-order valence-corrected chi connectivity index (χ0v) is 21.0. The quantitative estimate of drug-likeness (QED) is 0.385. The predicted molar refractivity (Wildman–Crippen MR) is 138 cm³/mol. The molecule has 0 radical (unpaired) electrons. The molecule has 0 bridgehead atoms. The normalized spacial score (nSPS) is 16.3. The summed E-state index contributed by atoms with van der Waals surface area (Å²) in [6.07, 6.45) is 3.28. The Morgan fingerprint density at radius 1 is 1.06 bits per heavy atom. The largest absolute Gasteiger partial charge is 0.493 e. The van der Waals surface area contributed by atoms with E-state index in [2.05, 4.69) is 54.3 Å². The molecule has 0 N–H and O–H groups in total. The highest BCUT2D eigenvalue weighted by Gasteiger charge is 2.29. The van der Waals surface area contributed by atoms with Gasteiger partial charge in [-0.1, -0.05) is 30.3 Å². The van der Waals surface area contributed by atoms with Crippen LogP contribution in [0.4, 0.5) is 0 Å². The van der Waals surface area contributed by atoms with Crippen molar-refractivity contribution < 1.29 is 18.9 Å². The molecule has 1 atom stereocenters. The van der Waals surface area contributed by atoms with Crippen molar-refractivity contribution in [1.29, 1.82) is 5.26 Å². The summed E-state index contributed by atoms with van der Waals surface area (Å²) in [7, 11) is 1.69. The highest BCUT2D eigenvalue weighted by molar-refractivity contribution is 5.51. The molecule has 0 aromatic heterocycles. The molecule has 0 fully saturated rings. The van der Waals surface area contributed by atoms with Gasteiger partial charge in [0.25, 0.3) is 0 Å². The number of rotatable bonds is 9. The molecule has 0 saturated heterocycles. The summed E-state index contributed by atoms with van der Waals surface area (Å²) in [5.41, 5.74) is 6.15. The Hall–Kier alpha value is -3.69. The van der Waals surface area contributed by atoms with Crippen LogP contribution in [0.15, 0.2) is 54.6 Å². The van der Waals surface area contributed by atoms with Crippen LogP contribution in [0, 0.1) is 18.3 Å². The number of hydrogen-bond acceptors (Lipinski definition) is 6. The Morgan fingerprint density at radius 2 is 1.86 bits per heavy atom. The third-order valence-electron chi connectivity index (χ3n) is 7.16. The van der Waals surface area contributed by atoms with Crippen LogP contribution in [0.25, 0.3) is 0 Å². The lowest BCUT2D eigenvalue weighted by atomic mass is 9.87. The first-order chi connectivity index (χ1) is 17.7. The summed E-state index contributed by atoms with van der Waals surface area (Å²) in [5.74, 6) is 3.16. The summed E-state index contributed by atoms with van der Waals surface area (Å²) in [6.45, 7) is 4.58. The summed E-state index contributed by atoms with van der Waals surface area (Å²) in [5, 5.41) is 9.24. The standard InChI is InChI=1S/C30H32N2O4/c1-21-15-28-30(36-20-35-28)16-23(21)9-10-26-25-18-27(33-2)29(34-19-22-7-4-3-5-8-22)17-24(25)11-14-32(26)13-6-12-31/h3-5,7-8,15-18,26H,6,9-11,13-14,19-20H2,1-2H3. The second-order valence-corrected chi connectivity index (χ2v) is 9.36. The number of ether oxygens (including phenoxy) is 4. The maximum Gasteiger partial charge on any atom is 0.231 e. The highest BCUT2D eigenvalue weighted by atomic mass is 16.7. The second-order valence-electron chi connectivity index (χ2n) is 9.36. The van der Waals surface area contributed by atoms with E-state index in [0.717, 1.165) is 60.9 Å². The molecule has 6 heteroatoms. The molecule has 1 unspecified atom stereocenters. The van der Waals surface area contributed by atoms with E-state index in [9.17, 15) is 5.26 Å². The molecule has 36 heavy (non-hydrogen) atoms. The van der Waals surface area contributed by atoms with Gasteiger partial charge in [-0.05, 0) is 78.3 Å². The Bertz CT molecular complexity index is 1250. The Kier molecular flexibility index (Phi) is 7.29. The van der Waals surface area contributed by atoms with Crippen LogP contribution >= 0.6 is 0 Å². The van der Waals surface area contributed by atoms with Crippen molar-refractivity contribution in [3.05, 3.63) is 82.4 Å². The van der Waals surface area contributed by atoms with Gasteiger partial charge >= 0.3 is 0 Å². The number of fused-ring (bicyclic) bond motifs is 2. The van der Waals surface area contributed by atoms with Crippen LogP contribution in [0.2, 0.25) is 0 Å². The van der Waals surface area contributed by atoms with Gasteiger partial charge in [0, 0.05) is 25.6 Å². The smallest absolute Gasteiger partial charge is 0.231 e. The Labute approximate surface area is 213 Å². The summed E-state index contributed by atoms with van der Waals surface area (Å²) in [6, 6.07) is 21.2. The third-order valence-corrected chi connectivity index (χ3v) is 7.16. The van der Waals surface area contributed by atoms with Gasteiger partial charge in [-0.2, -0.15) is 5.26 Å². The monoisotopic (exact) mass is 484 g/mol. The first-order valence-electron chi connectivity index (χ1n) is 12.5. The molecule has 0 spiro atoms. The first kappa shape index (κ1) is 24.0. The Balaban J connectivity index is 1.40. The van der Waals surface area contributed by atoms with E-state index in [4.69, 9.17) is 18.9 Å². The van der Waals surface area contributed by atoms with Gasteiger partial charge in [-0.25, -0.2) is 0 Å². The lowest BCUT2D eigenvalue weighted by Gasteiger charge is -2.37. The Morgan fingerprint density at radius 3 is 2.64 bits per heavy atom. The zero-order chi connectivity index (χ0) is 24.9. The van der Waals surface area contributed by atoms with Crippen LogP contribution in [0.3, 0.4) is 0 Å². The first-order valence-corrected chi connectivity index (χ1v) is 12.5. The number of methoxy groups -OCH3 is 1. The molecule has 6 nitrogen and oxygen atoms in total. The van der Waals surface area contributed by atoms with Crippen LogP contribution in [0.1, 0.15) is 46.7 Å². The fourth-order valence-corrected chi connectivity index (χ4v) is 5.22. The van der Waals surface area contributed by atoms with E-state index < -0.39 is 0 Å². The van der Waals surface area contributed by atoms with Gasteiger partial charge in [0.15, 0.2) is 23.0 Å². The van der Waals surface area contributed by atoms with Gasteiger partial charge in [-0.15, -0.1) is 0 Å². The lowest BCUT2D eigenvalue weighted by Crippen LogP contribution is -2.36. The van der Waals surface area contributed by atoms with E-state index in [1.54, 1.807) is 7.11 Å². The minimum Gasteiger partial charge on any atom is -0.493 e. The predicted octanol–water partition coefficient (Wildman–Crippen LogP) is 5.76. The molecule has 0 amide bonds. The van der Waals surface area contributed by atoms with E-state index in [-0.39, 0.29) is 12.8 Å². The van der Waals surface area contributed by atoms with Crippen LogP contribution < -0.4 is 18.9 Å². The van der Waals surface area contributed by atoms with Gasteiger partial charge in [0.1, 0.15) is 6.61 Å². The average molecular weight is 485 g/mol. The second kappa shape index (κ2) is 10.9. The number of nitrogens with zero attached hydrogens (tertiary/aromatic N) is 2. The SMILES string of the molecule is COc1cc2c(cc1OCc1ccccc1)CCN(CCC#N)C2CCc1cc2c(cc1C)OCO2. The molecule has 5 rings (SSSR count). The molecule has 0 aliphatic carbocycles. The minimum absolute atomic E-state index is 0.198. The molecule has 2 aliphatic rings. The van der Waals surface area contributed by atoms with Crippen molar-refractivity contribution in [2.75, 3.05) is 27.0 Å². The molecular formula is C30H32N2O4. The van der Waals surface area contributed by atoms with Crippen LogP contribution in [-0.4, -0.2) is 31.9 Å². The number of hydrogen-bond donors (Lipinski definition) is 0. The van der Waals surface area contributed by atoms with Gasteiger partial charge < -0.3 is 18.9 Å². The number of benzene rings is 3. The summed E-state index contributed by atoms with van der Waals surface area (Å²) in [4.78, 5) is 2.44. The zero-order valence-electron chi connectivity index (χ0n) is 21.0. The number of aryl methyl sites for hydroxylation is 2. The molecule has 2 aliphatic heterocycles. The van der Waals surface area contributed by atoms with E-state index in [0.29, 0.717) is 13.0 Å². The van der Waals surface area contributed by atoms with E-state index >= 15 is 0 Å². The number of nitriles is 1. The maximum atomic E-state index is 9.24. The van der Waals surface area contributed by atoms with Crippen molar-refractivity contribution in [2.45, 2.75) is 45.3 Å². The molecule has 0 saturated carbocycles. The average Bonchev–Trinajstić information content (AvgIpc) is 3.36. The van der Waals surface area contributed by atoms with Crippen molar-refractivity contribution >= 4 is 0 Å². The summed E-state index contributed by atoms with van der Waals surface area (Å²) < 4.78 is 23.1. The van der Waals surface area contributed by atoms with E-state index in [1.165, 1.54) is 22.3 Å². The van der Waals surface area contributed by atoms with E-state index in [1.807, 2.05) is 18.2 Å². The fraction of sp³-hybridized carbons (Fsp3) is 0.367. The fourth-order valence-electron chi connectivity index (χ4n) is 5.22. The lowest BCUT2D eigenvalue weighted by molar-refractivity contribution is 0.173. The molecule has 3 aromatic rings. The van der Waals surface area contributed by atoms with Crippen LogP contribution in [0.5, 0.6) is 23.0 Å². The topological polar surface area (TPSA) is 64.0 Å². The third kappa shape index (κ3) is 5.12. The molecule has 186 valence electrons. The van der Waals surface area contributed by atoms with Gasteiger partial charge in [0.05, 0.1) is 13.2 Å². The van der Waals surface area contributed by atoms with Crippen molar-refractivity contribution in [2.24, 2.45) is 0 Å². The summed E-state index contributed by atoms with van der Waals surface area (Å²) >= 11 is 0. The van der Waals surface area contributed by atoms with Gasteiger partial charge in [-0.3, -0.25) is 4.90 Å². The molecule has 2 heterocycles. The highest BCUT2D eigenvalue weighted by Crippen LogP contribution is 2.41. The van der Waals surface area contributed by atoms with Crippen LogP contribution in [-0.2, 0) is 19.4 Å².